The fourth-order valence-corrected chi connectivity index (χ4v) is 4.65. The Kier molecular flexibility index (Phi) is 6.55. The van der Waals surface area contributed by atoms with Gasteiger partial charge in [0.05, 0.1) is 17.8 Å². The standard InChI is InChI=1S/C18H19Cl2NO4S/c1-12(2)14-6-4-5-7-16(14)21(11-18(22)25-3)26(23,24)17-10-13(19)8-9-15(17)20/h4-10,12H,11H2,1-3H3. The quantitative estimate of drug-likeness (QED) is 0.652. The molecule has 0 N–H and O–H groups in total. The highest BCUT2D eigenvalue weighted by atomic mass is 35.5. The van der Waals surface area contributed by atoms with Gasteiger partial charge in [-0.1, -0.05) is 55.2 Å². The lowest BCUT2D eigenvalue weighted by molar-refractivity contribution is -0.138. The zero-order chi connectivity index (χ0) is 19.5. The van der Waals surface area contributed by atoms with E-state index in [-0.39, 0.29) is 20.9 Å². The molecule has 8 heteroatoms. The summed E-state index contributed by atoms with van der Waals surface area (Å²) in [4.78, 5) is 11.7. The minimum absolute atomic E-state index is 0.0197. The Labute approximate surface area is 163 Å². The van der Waals surface area contributed by atoms with E-state index in [1.165, 1.54) is 25.3 Å². The van der Waals surface area contributed by atoms with Gasteiger partial charge in [-0.15, -0.1) is 0 Å². The predicted molar refractivity (Wildman–Crippen MR) is 104 cm³/mol. The Balaban J connectivity index is 2.69. The third-order valence-corrected chi connectivity index (χ3v) is 6.27. The molecular weight excluding hydrogens is 397 g/mol. The first-order valence-corrected chi connectivity index (χ1v) is 10.0. The van der Waals surface area contributed by atoms with E-state index in [4.69, 9.17) is 23.2 Å². The van der Waals surface area contributed by atoms with Gasteiger partial charge in [0.1, 0.15) is 11.4 Å². The first-order valence-electron chi connectivity index (χ1n) is 7.82. The average Bonchev–Trinajstić information content (AvgIpc) is 2.61. The predicted octanol–water partition coefficient (Wildman–Crippen LogP) is 4.49. The van der Waals surface area contributed by atoms with Crippen LogP contribution in [0.3, 0.4) is 0 Å². The van der Waals surface area contributed by atoms with Crippen molar-refractivity contribution in [1.29, 1.82) is 0 Å². The Morgan fingerprint density at radius 1 is 1.15 bits per heavy atom. The highest BCUT2D eigenvalue weighted by molar-refractivity contribution is 7.93. The van der Waals surface area contributed by atoms with Crippen LogP contribution in [0.25, 0.3) is 0 Å². The van der Waals surface area contributed by atoms with Crippen molar-refractivity contribution in [2.45, 2.75) is 24.7 Å². The van der Waals surface area contributed by atoms with Gasteiger partial charge in [-0.05, 0) is 35.7 Å². The van der Waals surface area contributed by atoms with Crippen LogP contribution in [0.5, 0.6) is 0 Å². The van der Waals surface area contributed by atoms with Crippen LogP contribution >= 0.6 is 23.2 Å². The highest BCUT2D eigenvalue weighted by Gasteiger charge is 2.31. The molecule has 0 heterocycles. The van der Waals surface area contributed by atoms with Gasteiger partial charge in [-0.25, -0.2) is 8.42 Å². The van der Waals surface area contributed by atoms with Crippen molar-refractivity contribution in [1.82, 2.24) is 0 Å². The highest BCUT2D eigenvalue weighted by Crippen LogP contribution is 2.34. The number of halogens is 2. The Bertz CT molecular complexity index is 913. The fourth-order valence-electron chi connectivity index (χ4n) is 2.48. The van der Waals surface area contributed by atoms with E-state index in [9.17, 15) is 13.2 Å². The van der Waals surface area contributed by atoms with Gasteiger partial charge in [-0.2, -0.15) is 0 Å². The number of anilines is 1. The lowest BCUT2D eigenvalue weighted by atomic mass is 10.0. The molecule has 0 spiro atoms. The van der Waals surface area contributed by atoms with Crippen LogP contribution in [0.4, 0.5) is 5.69 Å². The SMILES string of the molecule is COC(=O)CN(c1ccccc1C(C)C)S(=O)(=O)c1cc(Cl)ccc1Cl. The lowest BCUT2D eigenvalue weighted by Gasteiger charge is -2.27. The maximum Gasteiger partial charge on any atom is 0.326 e. The van der Waals surface area contributed by atoms with Crippen molar-refractivity contribution in [3.05, 3.63) is 58.1 Å². The molecule has 0 fully saturated rings. The van der Waals surface area contributed by atoms with Gasteiger partial charge in [0.2, 0.25) is 0 Å². The second kappa shape index (κ2) is 8.29. The summed E-state index contributed by atoms with van der Waals surface area (Å²) < 4.78 is 32.3. The molecule has 0 bridgehead atoms. The number of hydrogen-bond acceptors (Lipinski definition) is 4. The van der Waals surface area contributed by atoms with Crippen LogP contribution in [-0.4, -0.2) is 28.0 Å². The second-order valence-electron chi connectivity index (χ2n) is 5.88. The molecule has 2 aromatic rings. The number of carbonyl (C=O) groups is 1. The van der Waals surface area contributed by atoms with Crippen LogP contribution in [0, 0.1) is 0 Å². The molecule has 2 aromatic carbocycles. The van der Waals surface area contributed by atoms with E-state index in [0.717, 1.165) is 9.87 Å². The van der Waals surface area contributed by atoms with E-state index in [1.807, 2.05) is 26.0 Å². The number of carbonyl (C=O) groups excluding carboxylic acids is 1. The molecule has 0 saturated carbocycles. The average molecular weight is 416 g/mol. The summed E-state index contributed by atoms with van der Waals surface area (Å²) in [6.45, 7) is 3.40. The topological polar surface area (TPSA) is 63.7 Å². The van der Waals surface area contributed by atoms with Gasteiger partial charge in [0, 0.05) is 5.02 Å². The number of para-hydroxylation sites is 1. The summed E-state index contributed by atoms with van der Waals surface area (Å²) in [5.74, 6) is -0.651. The van der Waals surface area contributed by atoms with E-state index < -0.39 is 22.5 Å². The molecule has 5 nitrogen and oxygen atoms in total. The summed E-state index contributed by atoms with van der Waals surface area (Å²) in [6, 6.07) is 11.2. The Morgan fingerprint density at radius 3 is 2.42 bits per heavy atom. The molecule has 0 aromatic heterocycles. The summed E-state index contributed by atoms with van der Waals surface area (Å²) in [5, 5.41) is 0.245. The zero-order valence-electron chi connectivity index (χ0n) is 14.6. The molecule has 0 aliphatic rings. The van der Waals surface area contributed by atoms with Gasteiger partial charge in [0.15, 0.2) is 0 Å². The molecule has 140 valence electrons. The number of hydrogen-bond donors (Lipinski definition) is 0. The number of esters is 1. The summed E-state index contributed by atoms with van der Waals surface area (Å²) in [5.41, 5.74) is 1.17. The van der Waals surface area contributed by atoms with Crippen molar-refractivity contribution in [2.24, 2.45) is 0 Å². The summed E-state index contributed by atoms with van der Waals surface area (Å²) in [7, 11) is -2.95. The van der Waals surface area contributed by atoms with Gasteiger partial charge in [0.25, 0.3) is 10.0 Å². The Hall–Kier alpha value is -1.76. The van der Waals surface area contributed by atoms with Crippen molar-refractivity contribution < 1.29 is 17.9 Å². The normalized spacial score (nSPS) is 11.5. The van der Waals surface area contributed by atoms with E-state index in [0.29, 0.717) is 5.69 Å². The van der Waals surface area contributed by atoms with Crippen molar-refractivity contribution >= 4 is 44.9 Å². The molecule has 0 aliphatic heterocycles. The first-order chi connectivity index (χ1) is 12.2. The number of ether oxygens (including phenoxy) is 1. The molecule has 2 rings (SSSR count). The van der Waals surface area contributed by atoms with Crippen LogP contribution in [0.15, 0.2) is 47.4 Å². The van der Waals surface area contributed by atoms with Crippen LogP contribution < -0.4 is 4.31 Å². The summed E-state index contributed by atoms with van der Waals surface area (Å²) >= 11 is 12.1. The minimum atomic E-state index is -4.15. The van der Waals surface area contributed by atoms with E-state index in [1.54, 1.807) is 12.1 Å². The Morgan fingerprint density at radius 2 is 1.81 bits per heavy atom. The fraction of sp³-hybridized carbons (Fsp3) is 0.278. The third-order valence-electron chi connectivity index (χ3n) is 3.79. The number of sulfonamides is 1. The molecule has 0 saturated heterocycles. The second-order valence-corrected chi connectivity index (χ2v) is 8.55. The van der Waals surface area contributed by atoms with Crippen LogP contribution in [0.2, 0.25) is 10.0 Å². The molecule has 0 amide bonds. The van der Waals surface area contributed by atoms with E-state index >= 15 is 0 Å². The number of rotatable bonds is 6. The van der Waals surface area contributed by atoms with Crippen molar-refractivity contribution in [3.63, 3.8) is 0 Å². The maximum absolute atomic E-state index is 13.3. The molecule has 0 unspecified atom stereocenters. The van der Waals surface area contributed by atoms with Gasteiger partial charge < -0.3 is 4.74 Å². The maximum atomic E-state index is 13.3. The molecule has 0 radical (unpaired) electrons. The molecule has 0 atom stereocenters. The third kappa shape index (κ3) is 4.31. The lowest BCUT2D eigenvalue weighted by Crippen LogP contribution is -2.37. The van der Waals surface area contributed by atoms with Crippen LogP contribution in [-0.2, 0) is 19.6 Å². The molecule has 26 heavy (non-hydrogen) atoms. The van der Waals surface area contributed by atoms with Crippen molar-refractivity contribution in [3.8, 4) is 0 Å². The summed E-state index contributed by atoms with van der Waals surface area (Å²) in [6.07, 6.45) is 0. The van der Waals surface area contributed by atoms with Crippen LogP contribution in [0.1, 0.15) is 25.3 Å². The number of benzene rings is 2. The van der Waals surface area contributed by atoms with E-state index in [2.05, 4.69) is 4.74 Å². The number of methoxy groups -OCH3 is 1. The largest absolute Gasteiger partial charge is 0.468 e. The minimum Gasteiger partial charge on any atom is -0.468 e. The smallest absolute Gasteiger partial charge is 0.326 e. The molecule has 0 aliphatic carbocycles. The van der Waals surface area contributed by atoms with Gasteiger partial charge >= 0.3 is 5.97 Å². The monoisotopic (exact) mass is 415 g/mol. The zero-order valence-corrected chi connectivity index (χ0v) is 16.9. The number of nitrogens with zero attached hydrogens (tertiary/aromatic N) is 1. The first kappa shape index (κ1) is 20.6. The van der Waals surface area contributed by atoms with Crippen molar-refractivity contribution in [2.75, 3.05) is 18.0 Å². The van der Waals surface area contributed by atoms with Gasteiger partial charge in [-0.3, -0.25) is 9.10 Å². The molecular formula is C18H19Cl2NO4S.